The summed E-state index contributed by atoms with van der Waals surface area (Å²) in [6.07, 6.45) is 5.81. The fourth-order valence-electron chi connectivity index (χ4n) is 6.69. The normalized spacial score (nSPS) is 23.8. The number of likely N-dealkylation sites (N-methyl/N-ethyl adjacent to an activating group) is 1. The first kappa shape index (κ1) is 25.1. The number of hydrogen-bond acceptors (Lipinski definition) is 7. The van der Waals surface area contributed by atoms with Gasteiger partial charge in [-0.1, -0.05) is 30.3 Å². The van der Waals surface area contributed by atoms with Gasteiger partial charge in [0.05, 0.1) is 30.4 Å². The van der Waals surface area contributed by atoms with Crippen molar-refractivity contribution in [2.45, 2.75) is 70.0 Å². The summed E-state index contributed by atoms with van der Waals surface area (Å²) in [7, 11) is 2.18. The van der Waals surface area contributed by atoms with Crippen molar-refractivity contribution in [1.29, 1.82) is 5.26 Å². The van der Waals surface area contributed by atoms with Crippen molar-refractivity contribution in [3.05, 3.63) is 58.9 Å². The van der Waals surface area contributed by atoms with Crippen molar-refractivity contribution < 1.29 is 4.74 Å². The number of benzene rings is 2. The highest BCUT2D eigenvalue weighted by Crippen LogP contribution is 2.37. The van der Waals surface area contributed by atoms with Crippen molar-refractivity contribution >= 4 is 16.5 Å². The summed E-state index contributed by atoms with van der Waals surface area (Å²) in [5.74, 6) is 0.328. The van der Waals surface area contributed by atoms with Crippen LogP contribution in [0.1, 0.15) is 60.5 Å². The highest BCUT2D eigenvalue weighted by Gasteiger charge is 2.31. The molecule has 1 unspecified atom stereocenters. The maximum atomic E-state index is 9.29. The van der Waals surface area contributed by atoms with Gasteiger partial charge in [-0.2, -0.15) is 15.2 Å². The minimum atomic E-state index is 0.222. The fraction of sp³-hybridized carbons (Fsp3) is 0.516. The number of piperidine rings is 1. The largest absolute Gasteiger partial charge is 0.462 e. The van der Waals surface area contributed by atoms with Gasteiger partial charge in [0.2, 0.25) is 0 Å². The van der Waals surface area contributed by atoms with Crippen LogP contribution in [0.25, 0.3) is 10.8 Å². The highest BCUT2D eigenvalue weighted by molar-refractivity contribution is 5.96. The summed E-state index contributed by atoms with van der Waals surface area (Å²) < 4.78 is 6.31. The first-order valence-corrected chi connectivity index (χ1v) is 14.2. The molecule has 3 aliphatic heterocycles. The summed E-state index contributed by atoms with van der Waals surface area (Å²) in [5.41, 5.74) is 6.12. The van der Waals surface area contributed by atoms with E-state index in [0.29, 0.717) is 31.0 Å². The van der Waals surface area contributed by atoms with Crippen LogP contribution < -0.4 is 15.0 Å². The molecule has 3 aromatic rings. The monoisotopic (exact) mass is 510 g/mol. The lowest BCUT2D eigenvalue weighted by molar-refractivity contribution is 0.186. The number of likely N-dealkylation sites (tertiary alicyclic amines) is 1. The molecule has 0 amide bonds. The number of nitrogens with one attached hydrogen (secondary N) is 1. The molecule has 38 heavy (non-hydrogen) atoms. The molecule has 0 bridgehead atoms. The zero-order valence-corrected chi connectivity index (χ0v) is 22.6. The van der Waals surface area contributed by atoms with E-state index >= 15 is 0 Å². The Morgan fingerprint density at radius 3 is 2.82 bits per heavy atom. The number of fused-ring (bicyclic) bond motifs is 2. The topological polar surface area (TPSA) is 77.3 Å². The third kappa shape index (κ3) is 4.95. The highest BCUT2D eigenvalue weighted by atomic mass is 16.5. The molecule has 1 N–H and O–H groups in total. The number of aryl methyl sites for hydroxylation is 1. The Morgan fingerprint density at radius 1 is 1.13 bits per heavy atom. The van der Waals surface area contributed by atoms with Crippen LogP contribution >= 0.6 is 0 Å². The standard InChI is InChI=1S/C31H38N6O/c1-21-6-3-7-22-8-4-10-28(29(21)22)37-17-13-26-27(19-37)34-31(38-20-25-9-5-16-36(25)2)35-30(26)23-12-15-33-24(18-23)11-14-32/h3-4,6-8,10,23-25,33H,5,9,11-13,15-20H2,1-2H3/t23?,24-,25-/m0/s1. The van der Waals surface area contributed by atoms with Crippen LogP contribution in [0.4, 0.5) is 5.69 Å². The summed E-state index contributed by atoms with van der Waals surface area (Å²) in [6.45, 7) is 6.56. The lowest BCUT2D eigenvalue weighted by Crippen LogP contribution is -2.38. The van der Waals surface area contributed by atoms with Gasteiger partial charge >= 0.3 is 6.01 Å². The summed E-state index contributed by atoms with van der Waals surface area (Å²) >= 11 is 0. The molecule has 0 saturated carbocycles. The summed E-state index contributed by atoms with van der Waals surface area (Å²) in [5, 5.41) is 15.4. The number of hydrogen-bond donors (Lipinski definition) is 1. The Kier molecular flexibility index (Phi) is 7.18. The predicted octanol–water partition coefficient (Wildman–Crippen LogP) is 4.72. The van der Waals surface area contributed by atoms with E-state index in [9.17, 15) is 5.26 Å². The quantitative estimate of drug-likeness (QED) is 0.514. The fourth-order valence-corrected chi connectivity index (χ4v) is 6.69. The number of nitriles is 1. The van der Waals surface area contributed by atoms with Crippen LogP contribution in [0.15, 0.2) is 36.4 Å². The number of ether oxygens (including phenoxy) is 1. The Balaban J connectivity index is 1.34. The molecule has 0 radical (unpaired) electrons. The van der Waals surface area contributed by atoms with Crippen LogP contribution in [-0.4, -0.2) is 60.2 Å². The minimum Gasteiger partial charge on any atom is -0.462 e. The van der Waals surface area contributed by atoms with Gasteiger partial charge in [0.15, 0.2) is 0 Å². The van der Waals surface area contributed by atoms with Gasteiger partial charge in [-0.15, -0.1) is 0 Å². The van der Waals surface area contributed by atoms with Crippen molar-refractivity contribution in [2.24, 2.45) is 0 Å². The van der Waals surface area contributed by atoms with Gasteiger partial charge in [0.25, 0.3) is 0 Å². The third-order valence-electron chi connectivity index (χ3n) is 8.80. The average molecular weight is 511 g/mol. The van der Waals surface area contributed by atoms with Gasteiger partial charge < -0.3 is 19.9 Å². The number of aromatic nitrogens is 2. The SMILES string of the molecule is Cc1cccc2cccc(N3CCc4c(nc(OC[C@@H]5CCCN5C)nc4C4CCN[C@@H](CC#N)C4)C3)c12. The van der Waals surface area contributed by atoms with E-state index in [-0.39, 0.29) is 6.04 Å². The molecular weight excluding hydrogens is 472 g/mol. The van der Waals surface area contributed by atoms with E-state index in [1.165, 1.54) is 34.0 Å². The molecule has 3 atom stereocenters. The molecule has 198 valence electrons. The molecular formula is C31H38N6O. The maximum absolute atomic E-state index is 9.29. The van der Waals surface area contributed by atoms with Crippen LogP contribution in [0.2, 0.25) is 0 Å². The lowest BCUT2D eigenvalue weighted by atomic mass is 9.84. The molecule has 2 saturated heterocycles. The third-order valence-corrected chi connectivity index (χ3v) is 8.80. The first-order valence-electron chi connectivity index (χ1n) is 14.2. The first-order chi connectivity index (χ1) is 18.6. The van der Waals surface area contributed by atoms with E-state index in [2.05, 4.69) is 71.6 Å². The van der Waals surface area contributed by atoms with E-state index in [1.807, 2.05) is 0 Å². The molecule has 0 aliphatic carbocycles. The van der Waals surface area contributed by atoms with Gasteiger partial charge in [-0.3, -0.25) is 0 Å². The van der Waals surface area contributed by atoms with Crippen LogP contribution in [-0.2, 0) is 13.0 Å². The van der Waals surface area contributed by atoms with Crippen LogP contribution in [0, 0.1) is 18.3 Å². The van der Waals surface area contributed by atoms with Gasteiger partial charge in [0.1, 0.15) is 6.61 Å². The Hall–Kier alpha value is -3.21. The number of nitrogens with zero attached hydrogens (tertiary/aromatic N) is 5. The molecule has 7 nitrogen and oxygen atoms in total. The van der Waals surface area contributed by atoms with Gasteiger partial charge in [-0.25, -0.2) is 0 Å². The molecule has 2 aromatic carbocycles. The molecule has 1 aromatic heterocycles. The molecule has 0 spiro atoms. The zero-order valence-electron chi connectivity index (χ0n) is 22.6. The molecule has 4 heterocycles. The summed E-state index contributed by atoms with van der Waals surface area (Å²) in [4.78, 5) is 15.0. The Bertz CT molecular complexity index is 1340. The average Bonchev–Trinajstić information content (AvgIpc) is 3.35. The smallest absolute Gasteiger partial charge is 0.316 e. The Labute approximate surface area is 225 Å². The molecule has 6 rings (SSSR count). The van der Waals surface area contributed by atoms with E-state index < -0.39 is 0 Å². The van der Waals surface area contributed by atoms with E-state index in [1.54, 1.807) is 0 Å². The lowest BCUT2D eigenvalue weighted by Gasteiger charge is -2.35. The zero-order chi connectivity index (χ0) is 26.1. The van der Waals surface area contributed by atoms with Gasteiger partial charge in [-0.05, 0) is 81.7 Å². The van der Waals surface area contributed by atoms with Crippen molar-refractivity contribution in [3.63, 3.8) is 0 Å². The molecule has 3 aliphatic rings. The van der Waals surface area contributed by atoms with Crippen molar-refractivity contribution in [2.75, 3.05) is 38.2 Å². The molecule has 7 heteroatoms. The second-order valence-electron chi connectivity index (χ2n) is 11.3. The van der Waals surface area contributed by atoms with E-state index in [0.717, 1.165) is 63.3 Å². The van der Waals surface area contributed by atoms with Crippen LogP contribution in [0.5, 0.6) is 6.01 Å². The second kappa shape index (κ2) is 10.9. The predicted molar refractivity (Wildman–Crippen MR) is 151 cm³/mol. The maximum Gasteiger partial charge on any atom is 0.316 e. The number of rotatable bonds is 6. The van der Waals surface area contributed by atoms with E-state index in [4.69, 9.17) is 14.7 Å². The summed E-state index contributed by atoms with van der Waals surface area (Å²) in [6, 6.07) is 16.7. The van der Waals surface area contributed by atoms with Crippen molar-refractivity contribution in [1.82, 2.24) is 20.2 Å². The Morgan fingerprint density at radius 2 is 2.00 bits per heavy atom. The van der Waals surface area contributed by atoms with Gasteiger partial charge in [0, 0.05) is 35.6 Å². The number of anilines is 1. The molecule has 2 fully saturated rings. The second-order valence-corrected chi connectivity index (χ2v) is 11.3. The van der Waals surface area contributed by atoms with Crippen LogP contribution in [0.3, 0.4) is 0 Å². The van der Waals surface area contributed by atoms with Crippen molar-refractivity contribution in [3.8, 4) is 12.1 Å². The minimum absolute atomic E-state index is 0.222.